The number of amides is 3. The topological polar surface area (TPSA) is 114 Å². The van der Waals surface area contributed by atoms with Crippen LogP contribution in [0.1, 0.15) is 86.1 Å². The van der Waals surface area contributed by atoms with E-state index in [-0.39, 0.29) is 35.7 Å². The molecule has 4 N–H and O–H groups in total. The van der Waals surface area contributed by atoms with Crippen molar-refractivity contribution in [2.24, 2.45) is 11.7 Å². The van der Waals surface area contributed by atoms with Gasteiger partial charge in [0.05, 0.1) is 6.10 Å². The van der Waals surface area contributed by atoms with E-state index in [1.807, 2.05) is 49.1 Å². The number of hydrogen-bond acceptors (Lipinski definition) is 5. The molecule has 246 valence electrons. The van der Waals surface area contributed by atoms with Crippen molar-refractivity contribution in [2.45, 2.75) is 90.4 Å². The molecule has 1 fully saturated rings. The van der Waals surface area contributed by atoms with Crippen molar-refractivity contribution >= 4 is 23.4 Å². The van der Waals surface area contributed by atoms with Crippen molar-refractivity contribution in [3.05, 3.63) is 95.3 Å². The average molecular weight is 631 g/mol. The van der Waals surface area contributed by atoms with Gasteiger partial charge in [-0.2, -0.15) is 0 Å². The highest BCUT2D eigenvalue weighted by molar-refractivity contribution is 6.00. The predicted molar refractivity (Wildman–Crippen MR) is 179 cm³/mol. The first kappa shape index (κ1) is 34.6. The maximum atomic E-state index is 13.9. The van der Waals surface area contributed by atoms with Crippen molar-refractivity contribution in [1.29, 1.82) is 0 Å². The zero-order valence-electron chi connectivity index (χ0n) is 27.3. The van der Waals surface area contributed by atoms with Crippen LogP contribution in [0.15, 0.2) is 72.8 Å². The standard InChI is InChI=1S/C37H47FN4O4/c1-5-10-31-13-9-18-42(31)37(45)28-21-27(22-32(23-28)46-24(2)3)36(44)41-34(20-26-11-7-6-8-12-26)33(39)19-25(4)35(43)40-30-16-14-29(38)15-17-30/h6-8,11-12,14-17,21-25,31,33-34H,5,9-10,13,18-20,39H2,1-4H3,(H,40,43)(H,41,44)/t25-,31+,33+,34+/m1/s1. The summed E-state index contributed by atoms with van der Waals surface area (Å²) in [5, 5.41) is 5.91. The fraction of sp³-hybridized carbons (Fsp3) is 0.432. The number of halogens is 1. The van der Waals surface area contributed by atoms with Gasteiger partial charge in [-0.15, -0.1) is 0 Å². The number of anilines is 1. The van der Waals surface area contributed by atoms with Gasteiger partial charge >= 0.3 is 0 Å². The number of carbonyl (C=O) groups excluding carboxylic acids is 3. The summed E-state index contributed by atoms with van der Waals surface area (Å²) in [5.74, 6) is -1.16. The van der Waals surface area contributed by atoms with Gasteiger partial charge in [-0.25, -0.2) is 4.39 Å². The lowest BCUT2D eigenvalue weighted by atomic mass is 9.91. The fourth-order valence-electron chi connectivity index (χ4n) is 6.00. The summed E-state index contributed by atoms with van der Waals surface area (Å²) in [4.78, 5) is 42.5. The Morgan fingerprint density at radius 1 is 1.00 bits per heavy atom. The van der Waals surface area contributed by atoms with Crippen molar-refractivity contribution in [1.82, 2.24) is 10.2 Å². The van der Waals surface area contributed by atoms with E-state index in [1.165, 1.54) is 24.3 Å². The molecule has 0 saturated carbocycles. The Morgan fingerprint density at radius 3 is 2.37 bits per heavy atom. The third-order valence-electron chi connectivity index (χ3n) is 8.36. The Bertz CT molecular complexity index is 1460. The minimum atomic E-state index is -0.575. The van der Waals surface area contributed by atoms with Gasteiger partial charge in [-0.1, -0.05) is 50.6 Å². The van der Waals surface area contributed by atoms with Crippen LogP contribution in [0.3, 0.4) is 0 Å². The lowest BCUT2D eigenvalue weighted by Gasteiger charge is -2.28. The van der Waals surface area contributed by atoms with Gasteiger partial charge in [-0.3, -0.25) is 14.4 Å². The second-order valence-corrected chi connectivity index (χ2v) is 12.6. The lowest BCUT2D eigenvalue weighted by Crippen LogP contribution is -2.50. The molecule has 0 aliphatic carbocycles. The summed E-state index contributed by atoms with van der Waals surface area (Å²) in [7, 11) is 0. The van der Waals surface area contributed by atoms with Crippen molar-refractivity contribution in [3.8, 4) is 5.75 Å². The molecule has 1 heterocycles. The van der Waals surface area contributed by atoms with Crippen LogP contribution < -0.4 is 21.1 Å². The van der Waals surface area contributed by atoms with E-state index in [9.17, 15) is 18.8 Å². The molecule has 9 heteroatoms. The normalized spacial score (nSPS) is 16.5. The van der Waals surface area contributed by atoms with Crippen LogP contribution in [0.2, 0.25) is 0 Å². The highest BCUT2D eigenvalue weighted by Gasteiger charge is 2.30. The second-order valence-electron chi connectivity index (χ2n) is 12.6. The maximum absolute atomic E-state index is 13.9. The Labute approximate surface area is 271 Å². The number of nitrogens with zero attached hydrogens (tertiary/aromatic N) is 1. The zero-order chi connectivity index (χ0) is 33.2. The van der Waals surface area contributed by atoms with Gasteiger partial charge < -0.3 is 26.0 Å². The molecule has 4 atom stereocenters. The number of ether oxygens (including phenoxy) is 1. The monoisotopic (exact) mass is 630 g/mol. The number of benzene rings is 3. The van der Waals surface area contributed by atoms with Crippen LogP contribution in [0.5, 0.6) is 5.75 Å². The van der Waals surface area contributed by atoms with E-state index in [0.29, 0.717) is 42.0 Å². The Kier molecular flexibility index (Phi) is 12.3. The highest BCUT2D eigenvalue weighted by Crippen LogP contribution is 2.27. The van der Waals surface area contributed by atoms with E-state index in [4.69, 9.17) is 10.5 Å². The average Bonchev–Trinajstić information content (AvgIpc) is 3.49. The summed E-state index contributed by atoms with van der Waals surface area (Å²) in [5.41, 5.74) is 8.91. The molecule has 3 aromatic rings. The molecule has 46 heavy (non-hydrogen) atoms. The SMILES string of the molecule is CCC[C@H]1CCCN1C(=O)c1cc(OC(C)C)cc(C(=O)N[C@@H](Cc2ccccc2)[C@@H](N)C[C@@H](C)C(=O)Nc2ccc(F)cc2)c1. The highest BCUT2D eigenvalue weighted by atomic mass is 19.1. The summed E-state index contributed by atoms with van der Waals surface area (Å²) in [6.07, 6.45) is 4.47. The summed E-state index contributed by atoms with van der Waals surface area (Å²) >= 11 is 0. The Hall–Kier alpha value is -4.24. The quantitative estimate of drug-likeness (QED) is 0.192. The molecule has 1 aliphatic heterocycles. The Morgan fingerprint density at radius 2 is 1.70 bits per heavy atom. The number of nitrogens with two attached hydrogens (primary N) is 1. The minimum absolute atomic E-state index is 0.0993. The van der Waals surface area contributed by atoms with Crippen LogP contribution >= 0.6 is 0 Å². The van der Waals surface area contributed by atoms with E-state index in [2.05, 4.69) is 17.6 Å². The van der Waals surface area contributed by atoms with Crippen LogP contribution in [0.25, 0.3) is 0 Å². The molecule has 0 radical (unpaired) electrons. The second kappa shape index (κ2) is 16.4. The van der Waals surface area contributed by atoms with E-state index >= 15 is 0 Å². The van der Waals surface area contributed by atoms with Gasteiger partial charge in [0.25, 0.3) is 11.8 Å². The number of nitrogens with one attached hydrogen (secondary N) is 2. The van der Waals surface area contributed by atoms with Gasteiger partial charge in [0, 0.05) is 47.4 Å². The van der Waals surface area contributed by atoms with Crippen molar-refractivity contribution in [3.63, 3.8) is 0 Å². The van der Waals surface area contributed by atoms with Gasteiger partial charge in [0.1, 0.15) is 11.6 Å². The molecule has 0 unspecified atom stereocenters. The van der Waals surface area contributed by atoms with E-state index in [1.54, 1.807) is 25.1 Å². The molecule has 1 saturated heterocycles. The largest absolute Gasteiger partial charge is 0.491 e. The third kappa shape index (κ3) is 9.63. The Balaban J connectivity index is 1.55. The number of hydrogen-bond donors (Lipinski definition) is 3. The molecular formula is C37H47FN4O4. The molecular weight excluding hydrogens is 583 g/mol. The fourth-order valence-corrected chi connectivity index (χ4v) is 6.00. The van der Waals surface area contributed by atoms with E-state index in [0.717, 1.165) is 31.2 Å². The summed E-state index contributed by atoms with van der Waals surface area (Å²) < 4.78 is 19.3. The first-order valence-corrected chi connectivity index (χ1v) is 16.3. The van der Waals surface area contributed by atoms with Crippen LogP contribution in [0, 0.1) is 11.7 Å². The smallest absolute Gasteiger partial charge is 0.254 e. The third-order valence-corrected chi connectivity index (χ3v) is 8.36. The number of carbonyl (C=O) groups is 3. The molecule has 3 amide bonds. The molecule has 0 aromatic heterocycles. The van der Waals surface area contributed by atoms with Gasteiger partial charge in [0.2, 0.25) is 5.91 Å². The number of rotatable bonds is 14. The molecule has 0 spiro atoms. The first-order chi connectivity index (χ1) is 22.0. The van der Waals surface area contributed by atoms with Crippen molar-refractivity contribution in [2.75, 3.05) is 11.9 Å². The van der Waals surface area contributed by atoms with Crippen LogP contribution in [-0.4, -0.2) is 53.4 Å². The van der Waals surface area contributed by atoms with Crippen LogP contribution in [0.4, 0.5) is 10.1 Å². The minimum Gasteiger partial charge on any atom is -0.491 e. The molecule has 3 aromatic carbocycles. The van der Waals surface area contributed by atoms with Gasteiger partial charge in [-0.05, 0) is 94.0 Å². The predicted octanol–water partition coefficient (Wildman–Crippen LogP) is 6.35. The van der Waals surface area contributed by atoms with Crippen LogP contribution in [-0.2, 0) is 11.2 Å². The summed E-state index contributed by atoms with van der Waals surface area (Å²) in [6, 6.07) is 19.4. The molecule has 0 bridgehead atoms. The van der Waals surface area contributed by atoms with E-state index < -0.39 is 18.0 Å². The lowest BCUT2D eigenvalue weighted by molar-refractivity contribution is -0.119. The molecule has 4 rings (SSSR count). The zero-order valence-corrected chi connectivity index (χ0v) is 27.3. The van der Waals surface area contributed by atoms with Crippen molar-refractivity contribution < 1.29 is 23.5 Å². The maximum Gasteiger partial charge on any atom is 0.254 e. The molecule has 8 nitrogen and oxygen atoms in total. The first-order valence-electron chi connectivity index (χ1n) is 16.3. The molecule has 1 aliphatic rings. The van der Waals surface area contributed by atoms with Gasteiger partial charge in [0.15, 0.2) is 0 Å². The summed E-state index contributed by atoms with van der Waals surface area (Å²) in [6.45, 7) is 8.38. The number of likely N-dealkylation sites (tertiary alicyclic amines) is 1.